The van der Waals surface area contributed by atoms with E-state index in [9.17, 15) is 4.79 Å². The molecule has 1 aromatic carbocycles. The number of nitrogens with one attached hydrogen (secondary N) is 1. The van der Waals surface area contributed by atoms with Gasteiger partial charge in [-0.1, -0.05) is 0 Å². The number of amides is 1. The van der Waals surface area contributed by atoms with Crippen molar-refractivity contribution in [3.8, 4) is 0 Å². The Morgan fingerprint density at radius 3 is 2.81 bits per heavy atom. The number of nitrogens with two attached hydrogens (primary N) is 1. The quantitative estimate of drug-likeness (QED) is 0.828. The smallest absolute Gasteiger partial charge is 0.224 e. The topological polar surface area (TPSA) is 61.6 Å². The molecule has 0 atom stereocenters. The third-order valence-corrected chi connectivity index (χ3v) is 4.51. The Bertz CT molecular complexity index is 537. The molecule has 1 saturated heterocycles. The second-order valence-electron chi connectivity index (χ2n) is 6.09. The van der Waals surface area contributed by atoms with E-state index in [0.29, 0.717) is 6.42 Å². The molecule has 2 heterocycles. The first-order chi connectivity index (χ1) is 10.1. The summed E-state index contributed by atoms with van der Waals surface area (Å²) in [4.78, 5) is 16.2. The van der Waals surface area contributed by atoms with Crippen molar-refractivity contribution in [1.29, 1.82) is 0 Å². The van der Waals surface area contributed by atoms with Gasteiger partial charge in [0.05, 0.1) is 11.4 Å². The van der Waals surface area contributed by atoms with Crippen molar-refractivity contribution in [3.63, 3.8) is 0 Å². The van der Waals surface area contributed by atoms with Crippen molar-refractivity contribution < 1.29 is 4.79 Å². The molecule has 0 aromatic heterocycles. The van der Waals surface area contributed by atoms with E-state index in [2.05, 4.69) is 28.2 Å². The van der Waals surface area contributed by atoms with Gasteiger partial charge in [0.25, 0.3) is 0 Å². The lowest BCUT2D eigenvalue weighted by molar-refractivity contribution is -0.116. The Hall–Kier alpha value is -1.75. The van der Waals surface area contributed by atoms with Crippen molar-refractivity contribution >= 4 is 23.0 Å². The van der Waals surface area contributed by atoms with E-state index in [1.807, 2.05) is 6.07 Å². The third kappa shape index (κ3) is 3.13. The van der Waals surface area contributed by atoms with E-state index in [-0.39, 0.29) is 5.91 Å². The van der Waals surface area contributed by atoms with Crippen LogP contribution in [0.2, 0.25) is 0 Å². The van der Waals surface area contributed by atoms with Crippen LogP contribution in [0.1, 0.15) is 24.8 Å². The van der Waals surface area contributed by atoms with Crippen LogP contribution in [0.25, 0.3) is 0 Å². The van der Waals surface area contributed by atoms with Crippen LogP contribution in [-0.2, 0) is 11.2 Å². The van der Waals surface area contributed by atoms with E-state index < -0.39 is 0 Å². The maximum Gasteiger partial charge on any atom is 0.224 e. The highest BCUT2D eigenvalue weighted by atomic mass is 16.1. The van der Waals surface area contributed by atoms with Crippen LogP contribution < -0.4 is 16.0 Å². The number of carbonyl (C=O) groups is 1. The molecule has 3 N–H and O–H groups in total. The standard InChI is InChI=1S/C16H24N4O/c1-19(8-9-20-6-2-3-7-20)15-10-12-4-5-16(21)18-14(12)11-13(15)17/h10-11H,2-9,17H2,1H3,(H,18,21). The number of nitrogen functional groups attached to an aromatic ring is 1. The number of likely N-dealkylation sites (N-methyl/N-ethyl adjacent to an activating group) is 1. The van der Waals surface area contributed by atoms with Crippen LogP contribution in [0.4, 0.5) is 17.1 Å². The molecule has 1 amide bonds. The van der Waals surface area contributed by atoms with Crippen molar-refractivity contribution in [2.45, 2.75) is 25.7 Å². The van der Waals surface area contributed by atoms with Crippen molar-refractivity contribution in [1.82, 2.24) is 4.90 Å². The molecule has 0 radical (unpaired) electrons. The third-order valence-electron chi connectivity index (χ3n) is 4.51. The Labute approximate surface area is 126 Å². The van der Waals surface area contributed by atoms with Gasteiger partial charge in [-0.15, -0.1) is 0 Å². The highest BCUT2D eigenvalue weighted by molar-refractivity contribution is 5.95. The molecule has 5 heteroatoms. The number of hydrogen-bond acceptors (Lipinski definition) is 4. The number of anilines is 3. The van der Waals surface area contributed by atoms with Crippen molar-refractivity contribution in [3.05, 3.63) is 17.7 Å². The molecule has 0 spiro atoms. The summed E-state index contributed by atoms with van der Waals surface area (Å²) in [6.07, 6.45) is 4.01. The molecular formula is C16H24N4O. The van der Waals surface area contributed by atoms with Crippen LogP contribution in [-0.4, -0.2) is 44.0 Å². The van der Waals surface area contributed by atoms with E-state index >= 15 is 0 Å². The van der Waals surface area contributed by atoms with Crippen molar-refractivity contribution in [2.75, 3.05) is 49.2 Å². The summed E-state index contributed by atoms with van der Waals surface area (Å²) >= 11 is 0. The molecular weight excluding hydrogens is 264 g/mol. The number of carbonyl (C=O) groups excluding carboxylic acids is 1. The van der Waals surface area contributed by atoms with Crippen LogP contribution in [0, 0.1) is 0 Å². The molecule has 0 saturated carbocycles. The predicted molar refractivity (Wildman–Crippen MR) is 86.7 cm³/mol. The molecule has 3 rings (SSSR count). The second kappa shape index (κ2) is 5.93. The van der Waals surface area contributed by atoms with Gasteiger partial charge >= 0.3 is 0 Å². The maximum atomic E-state index is 11.4. The van der Waals surface area contributed by atoms with Crippen LogP contribution >= 0.6 is 0 Å². The molecule has 114 valence electrons. The van der Waals surface area contributed by atoms with E-state index in [1.54, 1.807) is 0 Å². The van der Waals surface area contributed by atoms with Gasteiger partial charge in [0.1, 0.15) is 0 Å². The highest BCUT2D eigenvalue weighted by Crippen LogP contribution is 2.32. The Morgan fingerprint density at radius 1 is 1.29 bits per heavy atom. The van der Waals surface area contributed by atoms with Gasteiger partial charge in [0.15, 0.2) is 0 Å². The maximum absolute atomic E-state index is 11.4. The minimum atomic E-state index is 0.0806. The molecule has 21 heavy (non-hydrogen) atoms. The monoisotopic (exact) mass is 288 g/mol. The van der Waals surface area contributed by atoms with Gasteiger partial charge in [-0.2, -0.15) is 0 Å². The van der Waals surface area contributed by atoms with Crippen LogP contribution in [0.15, 0.2) is 12.1 Å². The lowest BCUT2D eigenvalue weighted by Crippen LogP contribution is -2.32. The first-order valence-electron chi connectivity index (χ1n) is 7.79. The molecule has 1 aromatic rings. The summed E-state index contributed by atoms with van der Waals surface area (Å²) < 4.78 is 0. The zero-order chi connectivity index (χ0) is 14.8. The van der Waals surface area contributed by atoms with Gasteiger partial charge in [0.2, 0.25) is 5.91 Å². The van der Waals surface area contributed by atoms with E-state index in [0.717, 1.165) is 36.6 Å². The fraction of sp³-hybridized carbons (Fsp3) is 0.562. The number of fused-ring (bicyclic) bond motifs is 1. The largest absolute Gasteiger partial charge is 0.397 e. The van der Waals surface area contributed by atoms with Crippen LogP contribution in [0.5, 0.6) is 0 Å². The lowest BCUT2D eigenvalue weighted by atomic mass is 10.0. The highest BCUT2D eigenvalue weighted by Gasteiger charge is 2.18. The summed E-state index contributed by atoms with van der Waals surface area (Å²) in [6.45, 7) is 4.51. The lowest BCUT2D eigenvalue weighted by Gasteiger charge is -2.26. The Morgan fingerprint density at radius 2 is 2.05 bits per heavy atom. The minimum absolute atomic E-state index is 0.0806. The molecule has 2 aliphatic heterocycles. The van der Waals surface area contributed by atoms with Gasteiger partial charge in [-0.05, 0) is 50.0 Å². The van der Waals surface area contributed by atoms with Crippen LogP contribution in [0.3, 0.4) is 0 Å². The molecule has 0 unspecified atom stereocenters. The zero-order valence-electron chi connectivity index (χ0n) is 12.7. The molecule has 0 aliphatic carbocycles. The predicted octanol–water partition coefficient (Wildman–Crippen LogP) is 1.69. The second-order valence-corrected chi connectivity index (χ2v) is 6.09. The van der Waals surface area contributed by atoms with Gasteiger partial charge in [-0.3, -0.25) is 4.79 Å². The molecule has 5 nitrogen and oxygen atoms in total. The molecule has 0 bridgehead atoms. The number of aryl methyl sites for hydroxylation is 1. The van der Waals surface area contributed by atoms with Crippen molar-refractivity contribution in [2.24, 2.45) is 0 Å². The Balaban J connectivity index is 1.70. The SMILES string of the molecule is CN(CCN1CCCC1)c1cc2c(cc1N)NC(=O)CC2. The first kappa shape index (κ1) is 14.2. The average molecular weight is 288 g/mol. The van der Waals surface area contributed by atoms with Gasteiger partial charge < -0.3 is 20.9 Å². The number of benzene rings is 1. The molecule has 2 aliphatic rings. The fourth-order valence-corrected chi connectivity index (χ4v) is 3.18. The summed E-state index contributed by atoms with van der Waals surface area (Å²) in [7, 11) is 2.09. The first-order valence-corrected chi connectivity index (χ1v) is 7.79. The minimum Gasteiger partial charge on any atom is -0.397 e. The summed E-state index contributed by atoms with van der Waals surface area (Å²) in [6, 6.07) is 4.03. The number of rotatable bonds is 4. The number of nitrogens with zero attached hydrogens (tertiary/aromatic N) is 2. The molecule has 1 fully saturated rings. The summed E-state index contributed by atoms with van der Waals surface area (Å²) in [5, 5.41) is 2.90. The average Bonchev–Trinajstić information content (AvgIpc) is 2.97. The summed E-state index contributed by atoms with van der Waals surface area (Å²) in [5.74, 6) is 0.0806. The zero-order valence-corrected chi connectivity index (χ0v) is 12.7. The number of hydrogen-bond donors (Lipinski definition) is 2. The van der Waals surface area contributed by atoms with E-state index in [4.69, 9.17) is 5.73 Å². The van der Waals surface area contributed by atoms with Gasteiger partial charge in [-0.25, -0.2) is 0 Å². The van der Waals surface area contributed by atoms with Gasteiger partial charge in [0, 0.05) is 32.2 Å². The summed E-state index contributed by atoms with van der Waals surface area (Å²) in [5.41, 5.74) is 10.0. The fourth-order valence-electron chi connectivity index (χ4n) is 3.18. The van der Waals surface area contributed by atoms with E-state index in [1.165, 1.54) is 31.5 Å². The normalized spacial score (nSPS) is 18.4. The Kier molecular flexibility index (Phi) is 4.01. The number of likely N-dealkylation sites (tertiary alicyclic amines) is 1.